The normalized spacial score (nSPS) is 17.8. The summed E-state index contributed by atoms with van der Waals surface area (Å²) in [6, 6.07) is 4.37. The molecule has 2 rings (SSSR count). The lowest BCUT2D eigenvalue weighted by Gasteiger charge is -2.22. The summed E-state index contributed by atoms with van der Waals surface area (Å²) < 4.78 is 10.7. The number of hydrogen-bond donors (Lipinski definition) is 2. The van der Waals surface area contributed by atoms with Gasteiger partial charge in [0.2, 0.25) is 5.91 Å². The Morgan fingerprint density at radius 3 is 2.86 bits per heavy atom. The van der Waals surface area contributed by atoms with Crippen molar-refractivity contribution in [2.75, 3.05) is 19.0 Å². The zero-order valence-corrected chi connectivity index (χ0v) is 12.6. The zero-order chi connectivity index (χ0) is 15.9. The quantitative estimate of drug-likeness (QED) is 0.844. The van der Waals surface area contributed by atoms with Gasteiger partial charge in [-0.15, -0.1) is 0 Å². The lowest BCUT2D eigenvalue weighted by Crippen LogP contribution is -2.21. The Morgan fingerprint density at radius 2 is 2.23 bits per heavy atom. The van der Waals surface area contributed by atoms with Crippen molar-refractivity contribution in [3.05, 3.63) is 23.8 Å². The molecular formula is C16H21NO5. The summed E-state index contributed by atoms with van der Waals surface area (Å²) in [7, 11) is 1.44. The predicted octanol–water partition coefficient (Wildman–Crippen LogP) is 2.68. The summed E-state index contributed by atoms with van der Waals surface area (Å²) in [5, 5.41) is 11.7. The van der Waals surface area contributed by atoms with Crippen LogP contribution >= 0.6 is 0 Å². The number of carboxylic acids is 1. The van der Waals surface area contributed by atoms with Crippen molar-refractivity contribution in [2.45, 2.75) is 38.2 Å². The lowest BCUT2D eigenvalue weighted by molar-refractivity contribution is -0.117. The van der Waals surface area contributed by atoms with Gasteiger partial charge in [0.15, 0.2) is 0 Å². The number of anilines is 1. The molecule has 0 aromatic heterocycles. The van der Waals surface area contributed by atoms with Gasteiger partial charge in [-0.05, 0) is 43.9 Å². The molecule has 6 nitrogen and oxygen atoms in total. The molecule has 0 radical (unpaired) electrons. The van der Waals surface area contributed by atoms with Crippen molar-refractivity contribution < 1.29 is 24.2 Å². The van der Waals surface area contributed by atoms with Crippen LogP contribution in [0.5, 0.6) is 5.75 Å². The molecule has 1 aliphatic heterocycles. The van der Waals surface area contributed by atoms with Crippen LogP contribution in [-0.4, -0.2) is 36.8 Å². The fourth-order valence-corrected chi connectivity index (χ4v) is 2.47. The highest BCUT2D eigenvalue weighted by atomic mass is 16.5. The van der Waals surface area contributed by atoms with Gasteiger partial charge in [-0.25, -0.2) is 4.79 Å². The van der Waals surface area contributed by atoms with E-state index >= 15 is 0 Å². The maximum absolute atomic E-state index is 12.0. The van der Waals surface area contributed by atoms with Gasteiger partial charge < -0.3 is 19.9 Å². The average molecular weight is 307 g/mol. The fourth-order valence-electron chi connectivity index (χ4n) is 2.47. The molecule has 0 spiro atoms. The third-order valence-electron chi connectivity index (χ3n) is 3.69. The molecule has 1 heterocycles. The number of ether oxygens (including phenoxy) is 2. The number of benzene rings is 1. The van der Waals surface area contributed by atoms with Crippen LogP contribution in [0.1, 0.15) is 42.5 Å². The Balaban J connectivity index is 1.91. The van der Waals surface area contributed by atoms with Crippen molar-refractivity contribution in [3.63, 3.8) is 0 Å². The van der Waals surface area contributed by atoms with Crippen LogP contribution in [0.3, 0.4) is 0 Å². The van der Waals surface area contributed by atoms with Crippen LogP contribution in [0, 0.1) is 0 Å². The SMILES string of the molecule is COc1cc(C(=O)O)ccc1NC(=O)CCC1CCCCO1. The van der Waals surface area contributed by atoms with E-state index in [0.29, 0.717) is 24.3 Å². The molecule has 1 atom stereocenters. The van der Waals surface area contributed by atoms with E-state index in [2.05, 4.69) is 5.32 Å². The molecule has 0 aliphatic carbocycles. The predicted molar refractivity (Wildman–Crippen MR) is 81.4 cm³/mol. The van der Waals surface area contributed by atoms with E-state index in [4.69, 9.17) is 14.6 Å². The van der Waals surface area contributed by atoms with Crippen LogP contribution in [-0.2, 0) is 9.53 Å². The highest BCUT2D eigenvalue weighted by Gasteiger charge is 2.16. The molecule has 1 unspecified atom stereocenters. The van der Waals surface area contributed by atoms with Crippen LogP contribution in [0.15, 0.2) is 18.2 Å². The van der Waals surface area contributed by atoms with E-state index in [9.17, 15) is 9.59 Å². The molecule has 0 bridgehead atoms. The van der Waals surface area contributed by atoms with E-state index in [0.717, 1.165) is 25.9 Å². The maximum atomic E-state index is 12.0. The van der Waals surface area contributed by atoms with Gasteiger partial charge in [-0.2, -0.15) is 0 Å². The smallest absolute Gasteiger partial charge is 0.335 e. The minimum Gasteiger partial charge on any atom is -0.495 e. The lowest BCUT2D eigenvalue weighted by atomic mass is 10.0. The summed E-state index contributed by atoms with van der Waals surface area (Å²) in [5.74, 6) is -0.830. The number of carboxylic acid groups (broad SMARTS) is 1. The summed E-state index contributed by atoms with van der Waals surface area (Å²) >= 11 is 0. The summed E-state index contributed by atoms with van der Waals surface area (Å²) in [4.78, 5) is 22.9. The minimum absolute atomic E-state index is 0.116. The Labute approximate surface area is 129 Å². The van der Waals surface area contributed by atoms with E-state index in [1.54, 1.807) is 0 Å². The van der Waals surface area contributed by atoms with Crippen molar-refractivity contribution in [2.24, 2.45) is 0 Å². The number of carbonyl (C=O) groups excluding carboxylic acids is 1. The first kappa shape index (κ1) is 16.3. The second kappa shape index (κ2) is 7.79. The summed E-state index contributed by atoms with van der Waals surface area (Å²) in [5.41, 5.74) is 0.590. The van der Waals surface area contributed by atoms with Gasteiger partial charge in [0, 0.05) is 13.0 Å². The Kier molecular flexibility index (Phi) is 5.77. The number of hydrogen-bond acceptors (Lipinski definition) is 4. The summed E-state index contributed by atoms with van der Waals surface area (Å²) in [6.45, 7) is 0.775. The molecular weight excluding hydrogens is 286 g/mol. The molecule has 2 N–H and O–H groups in total. The van der Waals surface area contributed by atoms with Crippen molar-refractivity contribution in [3.8, 4) is 5.75 Å². The Bertz CT molecular complexity index is 537. The summed E-state index contributed by atoms with van der Waals surface area (Å²) in [6.07, 6.45) is 4.47. The molecule has 1 aromatic rings. The molecule has 120 valence electrons. The van der Waals surface area contributed by atoms with Gasteiger partial charge >= 0.3 is 5.97 Å². The number of amides is 1. The van der Waals surface area contributed by atoms with Crippen LogP contribution < -0.4 is 10.1 Å². The van der Waals surface area contributed by atoms with Gasteiger partial charge in [0.1, 0.15) is 5.75 Å². The van der Waals surface area contributed by atoms with Crippen molar-refractivity contribution in [1.82, 2.24) is 0 Å². The highest BCUT2D eigenvalue weighted by molar-refractivity contribution is 5.94. The average Bonchev–Trinajstić information content (AvgIpc) is 2.54. The molecule has 1 aliphatic rings. The molecule has 1 saturated heterocycles. The Hall–Kier alpha value is -2.08. The van der Waals surface area contributed by atoms with E-state index < -0.39 is 5.97 Å². The monoisotopic (exact) mass is 307 g/mol. The largest absolute Gasteiger partial charge is 0.495 e. The second-order valence-electron chi connectivity index (χ2n) is 5.30. The Morgan fingerprint density at radius 1 is 1.41 bits per heavy atom. The van der Waals surface area contributed by atoms with Crippen LogP contribution in [0.25, 0.3) is 0 Å². The van der Waals surface area contributed by atoms with E-state index in [1.165, 1.54) is 25.3 Å². The van der Waals surface area contributed by atoms with Crippen molar-refractivity contribution >= 4 is 17.6 Å². The molecule has 22 heavy (non-hydrogen) atoms. The van der Waals surface area contributed by atoms with Gasteiger partial charge in [0.05, 0.1) is 24.5 Å². The van der Waals surface area contributed by atoms with Crippen molar-refractivity contribution in [1.29, 1.82) is 0 Å². The number of rotatable bonds is 6. The van der Waals surface area contributed by atoms with Crippen LogP contribution in [0.2, 0.25) is 0 Å². The third-order valence-corrected chi connectivity index (χ3v) is 3.69. The van der Waals surface area contributed by atoms with E-state index in [-0.39, 0.29) is 17.6 Å². The fraction of sp³-hybridized carbons (Fsp3) is 0.500. The van der Waals surface area contributed by atoms with Gasteiger partial charge in [-0.1, -0.05) is 0 Å². The first-order valence-corrected chi connectivity index (χ1v) is 7.43. The first-order chi connectivity index (χ1) is 10.6. The minimum atomic E-state index is -1.04. The maximum Gasteiger partial charge on any atom is 0.335 e. The third kappa shape index (κ3) is 4.46. The molecule has 1 amide bonds. The standard InChI is InChI=1S/C16H21NO5/c1-21-14-10-11(16(19)20)5-7-13(14)17-15(18)8-6-12-4-2-3-9-22-12/h5,7,10,12H,2-4,6,8-9H2,1H3,(H,17,18)(H,19,20). The number of aromatic carboxylic acids is 1. The number of carbonyl (C=O) groups is 2. The topological polar surface area (TPSA) is 84.9 Å². The van der Waals surface area contributed by atoms with Gasteiger partial charge in [0.25, 0.3) is 0 Å². The number of methoxy groups -OCH3 is 1. The second-order valence-corrected chi connectivity index (χ2v) is 5.30. The van der Waals surface area contributed by atoms with Gasteiger partial charge in [-0.3, -0.25) is 4.79 Å². The van der Waals surface area contributed by atoms with E-state index in [1.807, 2.05) is 0 Å². The zero-order valence-electron chi connectivity index (χ0n) is 12.6. The molecule has 1 aromatic carbocycles. The highest BCUT2D eigenvalue weighted by Crippen LogP contribution is 2.26. The molecule has 6 heteroatoms. The molecule has 0 saturated carbocycles. The van der Waals surface area contributed by atoms with Crippen LogP contribution in [0.4, 0.5) is 5.69 Å². The molecule has 1 fully saturated rings. The number of nitrogens with one attached hydrogen (secondary N) is 1. The first-order valence-electron chi connectivity index (χ1n) is 7.43.